The molecule has 2 nitrogen and oxygen atoms in total. The molecule has 0 radical (unpaired) electrons. The maximum Gasteiger partial charge on any atom is 0.162 e. The fraction of sp³-hybridized carbons (Fsp3) is 0.231. The number of halogens is 3. The highest BCUT2D eigenvalue weighted by atomic mass is 35.5. The number of aromatic nitrogens is 2. The maximum absolute atomic E-state index is 6.15. The van der Waals surface area contributed by atoms with Crippen molar-refractivity contribution in [3.63, 3.8) is 0 Å². The Balaban J connectivity index is 2.55. The molecule has 0 bridgehead atoms. The van der Waals surface area contributed by atoms with Gasteiger partial charge in [0.2, 0.25) is 0 Å². The van der Waals surface area contributed by atoms with Crippen LogP contribution in [0.4, 0.5) is 0 Å². The summed E-state index contributed by atoms with van der Waals surface area (Å²) >= 11 is 18.2. The molecule has 0 saturated heterocycles. The SMILES string of the molecule is CC(C)c1c(Cl)nc(-c2cccc(Cl)c2)nc1Cl. The van der Waals surface area contributed by atoms with E-state index in [4.69, 9.17) is 34.8 Å². The molecular formula is C13H11Cl3N2. The molecule has 0 aliphatic heterocycles. The van der Waals surface area contributed by atoms with Gasteiger partial charge in [0.05, 0.1) is 0 Å². The van der Waals surface area contributed by atoms with Crippen LogP contribution >= 0.6 is 34.8 Å². The average molecular weight is 302 g/mol. The van der Waals surface area contributed by atoms with E-state index in [1.807, 2.05) is 26.0 Å². The molecule has 0 amide bonds. The normalized spacial score (nSPS) is 11.0. The second-order valence-electron chi connectivity index (χ2n) is 4.21. The molecule has 0 spiro atoms. The highest BCUT2D eigenvalue weighted by molar-refractivity contribution is 6.34. The van der Waals surface area contributed by atoms with E-state index in [1.54, 1.807) is 12.1 Å². The lowest BCUT2D eigenvalue weighted by Gasteiger charge is -2.11. The van der Waals surface area contributed by atoms with Gasteiger partial charge in [-0.25, -0.2) is 9.97 Å². The summed E-state index contributed by atoms with van der Waals surface area (Å²) in [7, 11) is 0. The van der Waals surface area contributed by atoms with Crippen LogP contribution in [0.5, 0.6) is 0 Å². The summed E-state index contributed by atoms with van der Waals surface area (Å²) in [6.07, 6.45) is 0. The minimum Gasteiger partial charge on any atom is -0.216 e. The number of hydrogen-bond acceptors (Lipinski definition) is 2. The second-order valence-corrected chi connectivity index (χ2v) is 5.36. The molecule has 0 saturated carbocycles. The second kappa shape index (κ2) is 5.43. The van der Waals surface area contributed by atoms with Crippen molar-refractivity contribution in [3.05, 3.63) is 45.2 Å². The largest absolute Gasteiger partial charge is 0.216 e. The van der Waals surface area contributed by atoms with Crippen LogP contribution in [0.1, 0.15) is 25.3 Å². The van der Waals surface area contributed by atoms with E-state index in [1.165, 1.54) is 0 Å². The van der Waals surface area contributed by atoms with Crippen LogP contribution in [0.2, 0.25) is 15.3 Å². The van der Waals surface area contributed by atoms with Gasteiger partial charge in [0.15, 0.2) is 5.82 Å². The van der Waals surface area contributed by atoms with Crippen molar-refractivity contribution >= 4 is 34.8 Å². The summed E-state index contributed by atoms with van der Waals surface area (Å²) < 4.78 is 0. The van der Waals surface area contributed by atoms with Gasteiger partial charge in [0.25, 0.3) is 0 Å². The van der Waals surface area contributed by atoms with Crippen LogP contribution in [-0.4, -0.2) is 9.97 Å². The van der Waals surface area contributed by atoms with Gasteiger partial charge >= 0.3 is 0 Å². The summed E-state index contributed by atoms with van der Waals surface area (Å²) in [5.74, 6) is 0.662. The summed E-state index contributed by atoms with van der Waals surface area (Å²) in [6, 6.07) is 7.26. The van der Waals surface area contributed by atoms with Crippen molar-refractivity contribution in [2.45, 2.75) is 19.8 Å². The highest BCUT2D eigenvalue weighted by Gasteiger charge is 2.15. The standard InChI is InChI=1S/C13H11Cl3N2/c1-7(2)10-11(15)17-13(18-12(10)16)8-4-3-5-9(14)6-8/h3-7H,1-2H3. The van der Waals surface area contributed by atoms with Crippen molar-refractivity contribution in [1.82, 2.24) is 9.97 Å². The Bertz CT molecular complexity index is 559. The fourth-order valence-corrected chi connectivity index (χ4v) is 2.66. The Hall–Kier alpha value is -0.830. The van der Waals surface area contributed by atoms with E-state index in [0.29, 0.717) is 21.2 Å². The molecule has 0 atom stereocenters. The van der Waals surface area contributed by atoms with Crippen LogP contribution in [0.15, 0.2) is 24.3 Å². The number of hydrogen-bond donors (Lipinski definition) is 0. The quantitative estimate of drug-likeness (QED) is 0.710. The Labute approximate surface area is 121 Å². The van der Waals surface area contributed by atoms with Crippen LogP contribution in [0, 0.1) is 0 Å². The first-order valence-corrected chi connectivity index (χ1v) is 6.61. The smallest absolute Gasteiger partial charge is 0.162 e. The Kier molecular flexibility index (Phi) is 4.10. The van der Waals surface area contributed by atoms with Gasteiger partial charge < -0.3 is 0 Å². The lowest BCUT2D eigenvalue weighted by Crippen LogP contribution is -1.99. The summed E-state index contributed by atoms with van der Waals surface area (Å²) in [5, 5.41) is 1.40. The number of nitrogens with zero attached hydrogens (tertiary/aromatic N) is 2. The van der Waals surface area contributed by atoms with Crippen molar-refractivity contribution < 1.29 is 0 Å². The maximum atomic E-state index is 6.15. The molecule has 94 valence electrons. The van der Waals surface area contributed by atoms with Crippen LogP contribution in [-0.2, 0) is 0 Å². The van der Waals surface area contributed by atoms with Gasteiger partial charge in [-0.3, -0.25) is 0 Å². The van der Waals surface area contributed by atoms with E-state index in [2.05, 4.69) is 9.97 Å². The zero-order chi connectivity index (χ0) is 13.3. The predicted octanol–water partition coefficient (Wildman–Crippen LogP) is 5.23. The van der Waals surface area contributed by atoms with Crippen LogP contribution in [0.25, 0.3) is 11.4 Å². The van der Waals surface area contributed by atoms with Gasteiger partial charge in [0, 0.05) is 16.1 Å². The Morgan fingerprint density at radius 1 is 1.00 bits per heavy atom. The molecular weight excluding hydrogens is 291 g/mol. The monoisotopic (exact) mass is 300 g/mol. The molecule has 2 aromatic rings. The number of benzene rings is 1. The summed E-state index contributed by atoms with van der Waals surface area (Å²) in [5.41, 5.74) is 1.56. The van der Waals surface area contributed by atoms with Gasteiger partial charge in [-0.1, -0.05) is 60.8 Å². The molecule has 18 heavy (non-hydrogen) atoms. The van der Waals surface area contributed by atoms with E-state index in [-0.39, 0.29) is 5.92 Å². The van der Waals surface area contributed by atoms with Crippen molar-refractivity contribution in [2.75, 3.05) is 0 Å². The molecule has 1 aromatic carbocycles. The first-order chi connectivity index (χ1) is 8.49. The third-order valence-corrected chi connectivity index (χ3v) is 3.32. The van der Waals surface area contributed by atoms with Gasteiger partial charge in [-0.05, 0) is 18.1 Å². The van der Waals surface area contributed by atoms with Gasteiger partial charge in [-0.2, -0.15) is 0 Å². The predicted molar refractivity (Wildman–Crippen MR) is 76.6 cm³/mol. The molecule has 1 aromatic heterocycles. The third-order valence-electron chi connectivity index (χ3n) is 2.51. The van der Waals surface area contributed by atoms with E-state index >= 15 is 0 Å². The minimum atomic E-state index is 0.179. The highest BCUT2D eigenvalue weighted by Crippen LogP contribution is 2.31. The fourth-order valence-electron chi connectivity index (χ4n) is 1.65. The van der Waals surface area contributed by atoms with Crippen LogP contribution in [0.3, 0.4) is 0 Å². The lowest BCUT2D eigenvalue weighted by atomic mass is 10.1. The lowest BCUT2D eigenvalue weighted by molar-refractivity contribution is 0.848. The Morgan fingerprint density at radius 2 is 1.61 bits per heavy atom. The van der Waals surface area contributed by atoms with Gasteiger partial charge in [-0.15, -0.1) is 0 Å². The molecule has 2 rings (SSSR count). The van der Waals surface area contributed by atoms with Crippen molar-refractivity contribution in [3.8, 4) is 11.4 Å². The van der Waals surface area contributed by atoms with Gasteiger partial charge in [0.1, 0.15) is 10.3 Å². The molecule has 0 unspecified atom stereocenters. The molecule has 0 fully saturated rings. The van der Waals surface area contributed by atoms with Crippen molar-refractivity contribution in [2.24, 2.45) is 0 Å². The molecule has 0 aliphatic carbocycles. The molecule has 1 heterocycles. The average Bonchev–Trinajstić information content (AvgIpc) is 2.27. The minimum absolute atomic E-state index is 0.179. The molecule has 5 heteroatoms. The summed E-state index contributed by atoms with van der Waals surface area (Å²) in [4.78, 5) is 8.56. The zero-order valence-electron chi connectivity index (χ0n) is 9.92. The van der Waals surface area contributed by atoms with E-state index in [9.17, 15) is 0 Å². The van der Waals surface area contributed by atoms with Crippen molar-refractivity contribution in [1.29, 1.82) is 0 Å². The first kappa shape index (κ1) is 13.6. The molecule has 0 aliphatic rings. The Morgan fingerprint density at radius 3 is 2.11 bits per heavy atom. The zero-order valence-corrected chi connectivity index (χ0v) is 12.2. The number of rotatable bonds is 2. The van der Waals surface area contributed by atoms with E-state index in [0.717, 1.165) is 11.1 Å². The molecule has 0 N–H and O–H groups in total. The third kappa shape index (κ3) is 2.77. The summed E-state index contributed by atoms with van der Waals surface area (Å²) in [6.45, 7) is 3.99. The first-order valence-electron chi connectivity index (χ1n) is 5.48. The topological polar surface area (TPSA) is 25.8 Å². The van der Waals surface area contributed by atoms with E-state index < -0.39 is 0 Å². The van der Waals surface area contributed by atoms with Crippen LogP contribution < -0.4 is 0 Å².